The maximum atomic E-state index is 11.9. The molecule has 0 amide bonds. The van der Waals surface area contributed by atoms with Crippen LogP contribution in [0.5, 0.6) is 0 Å². The van der Waals surface area contributed by atoms with Gasteiger partial charge in [0.2, 0.25) is 0 Å². The molecule has 0 radical (unpaired) electrons. The van der Waals surface area contributed by atoms with E-state index in [9.17, 15) is 14.4 Å². The van der Waals surface area contributed by atoms with E-state index in [1.165, 1.54) is 19.4 Å². The van der Waals surface area contributed by atoms with Crippen molar-refractivity contribution in [3.05, 3.63) is 35.5 Å². The highest BCUT2D eigenvalue weighted by molar-refractivity contribution is 5.75. The molecule has 6 atom stereocenters. The Morgan fingerprint density at radius 3 is 2.41 bits per heavy atom. The molecule has 0 N–H and O–H groups in total. The van der Waals surface area contributed by atoms with Gasteiger partial charge >= 0.3 is 11.9 Å². The molecule has 0 saturated heterocycles. The molecule has 0 aromatic heterocycles. The second-order valence-electron chi connectivity index (χ2n) is 8.69. The van der Waals surface area contributed by atoms with Gasteiger partial charge in [0.15, 0.2) is 0 Å². The van der Waals surface area contributed by atoms with Gasteiger partial charge in [-0.25, -0.2) is 0 Å². The van der Waals surface area contributed by atoms with Crippen LogP contribution in [0.3, 0.4) is 0 Å². The minimum absolute atomic E-state index is 0.0689. The Morgan fingerprint density at radius 2 is 1.86 bits per heavy atom. The zero-order chi connectivity index (χ0) is 21.7. The van der Waals surface area contributed by atoms with E-state index >= 15 is 0 Å². The van der Waals surface area contributed by atoms with Crippen LogP contribution in [0.15, 0.2) is 35.5 Å². The van der Waals surface area contributed by atoms with E-state index in [1.54, 1.807) is 0 Å². The lowest BCUT2D eigenvalue weighted by atomic mass is 9.68. The summed E-state index contributed by atoms with van der Waals surface area (Å²) in [6.45, 7) is 13.3. The van der Waals surface area contributed by atoms with Crippen LogP contribution in [-0.2, 0) is 23.9 Å². The number of hydrogen-bond donors (Lipinski definition) is 0. The van der Waals surface area contributed by atoms with E-state index in [0.717, 1.165) is 24.7 Å². The van der Waals surface area contributed by atoms with E-state index in [4.69, 9.17) is 9.47 Å². The van der Waals surface area contributed by atoms with Crippen molar-refractivity contribution in [2.75, 3.05) is 0 Å². The number of allylic oxidation sites excluding steroid dienone is 3. The molecule has 160 valence electrons. The number of fused-ring (bicyclic) bond motifs is 2. The highest BCUT2D eigenvalue weighted by atomic mass is 16.6. The van der Waals surface area contributed by atoms with Crippen molar-refractivity contribution in [3.63, 3.8) is 0 Å². The minimum Gasteiger partial charge on any atom is -0.462 e. The summed E-state index contributed by atoms with van der Waals surface area (Å²) in [7, 11) is 0. The quantitative estimate of drug-likeness (QED) is 0.354. The molecular formula is C24H34O5. The van der Waals surface area contributed by atoms with E-state index in [-0.39, 0.29) is 35.6 Å². The molecule has 2 rings (SSSR count). The molecule has 0 aliphatic heterocycles. The van der Waals surface area contributed by atoms with Crippen molar-refractivity contribution in [3.8, 4) is 0 Å². The SMILES string of the molecule is C=C1C[C@H](OC(C)=O)[C@H]([C@@H](C)CCC=C(C)C)[C@@H]2C(C=O)=CC[C@H]1C2OC(C)=O. The molecule has 1 saturated carbocycles. The highest BCUT2D eigenvalue weighted by Crippen LogP contribution is 2.49. The third-order valence-electron chi connectivity index (χ3n) is 6.16. The second kappa shape index (κ2) is 10.0. The summed E-state index contributed by atoms with van der Waals surface area (Å²) in [5.41, 5.74) is 2.80. The summed E-state index contributed by atoms with van der Waals surface area (Å²) in [5, 5.41) is 0. The third-order valence-corrected chi connectivity index (χ3v) is 6.16. The predicted molar refractivity (Wildman–Crippen MR) is 112 cm³/mol. The normalized spacial score (nSPS) is 29.8. The monoisotopic (exact) mass is 402 g/mol. The largest absolute Gasteiger partial charge is 0.462 e. The molecule has 0 heterocycles. The molecule has 29 heavy (non-hydrogen) atoms. The average molecular weight is 403 g/mol. The number of ether oxygens (including phenoxy) is 2. The number of esters is 2. The molecule has 0 spiro atoms. The summed E-state index contributed by atoms with van der Waals surface area (Å²) < 4.78 is 11.5. The predicted octanol–water partition coefficient (Wildman–Crippen LogP) is 4.57. The number of aldehydes is 1. The van der Waals surface area contributed by atoms with Crippen molar-refractivity contribution in [2.24, 2.45) is 23.7 Å². The van der Waals surface area contributed by atoms with Crippen LogP contribution in [0.1, 0.15) is 60.3 Å². The maximum absolute atomic E-state index is 11.9. The van der Waals surface area contributed by atoms with Crippen LogP contribution in [0.25, 0.3) is 0 Å². The van der Waals surface area contributed by atoms with E-state index in [0.29, 0.717) is 18.4 Å². The summed E-state index contributed by atoms with van der Waals surface area (Å²) in [6.07, 6.45) is 7.08. The van der Waals surface area contributed by atoms with Gasteiger partial charge in [-0.05, 0) is 44.6 Å². The van der Waals surface area contributed by atoms with Crippen LogP contribution in [0.2, 0.25) is 0 Å². The van der Waals surface area contributed by atoms with Gasteiger partial charge < -0.3 is 9.47 Å². The van der Waals surface area contributed by atoms with Crippen LogP contribution in [-0.4, -0.2) is 30.4 Å². The van der Waals surface area contributed by atoms with Crippen molar-refractivity contribution in [2.45, 2.75) is 72.5 Å². The van der Waals surface area contributed by atoms with Crippen molar-refractivity contribution >= 4 is 18.2 Å². The molecule has 0 aromatic rings. The molecule has 1 fully saturated rings. The number of hydrogen-bond acceptors (Lipinski definition) is 5. The van der Waals surface area contributed by atoms with Crippen molar-refractivity contribution in [1.82, 2.24) is 0 Å². The highest BCUT2D eigenvalue weighted by Gasteiger charge is 2.50. The van der Waals surface area contributed by atoms with Gasteiger partial charge in [0, 0.05) is 38.0 Å². The van der Waals surface area contributed by atoms with Crippen LogP contribution >= 0.6 is 0 Å². The first-order valence-electron chi connectivity index (χ1n) is 10.5. The Bertz CT molecular complexity index is 713. The Balaban J connectivity index is 2.50. The number of rotatable bonds is 7. The van der Waals surface area contributed by atoms with Gasteiger partial charge in [0.05, 0.1) is 0 Å². The van der Waals surface area contributed by atoms with Gasteiger partial charge in [-0.1, -0.05) is 36.8 Å². The van der Waals surface area contributed by atoms with Gasteiger partial charge in [-0.15, -0.1) is 0 Å². The first kappa shape index (κ1) is 23.1. The lowest BCUT2D eigenvalue weighted by Crippen LogP contribution is -2.45. The molecular weight excluding hydrogens is 368 g/mol. The zero-order valence-corrected chi connectivity index (χ0v) is 18.3. The summed E-state index contributed by atoms with van der Waals surface area (Å²) in [6, 6.07) is 0. The lowest BCUT2D eigenvalue weighted by molar-refractivity contribution is -0.159. The molecule has 2 aliphatic rings. The van der Waals surface area contributed by atoms with Crippen molar-refractivity contribution in [1.29, 1.82) is 0 Å². The van der Waals surface area contributed by atoms with Gasteiger partial charge in [-0.3, -0.25) is 14.4 Å². The van der Waals surface area contributed by atoms with E-state index < -0.39 is 12.2 Å². The van der Waals surface area contributed by atoms with E-state index in [2.05, 4.69) is 33.4 Å². The molecule has 2 bridgehead atoms. The van der Waals surface area contributed by atoms with Crippen LogP contribution in [0, 0.1) is 23.7 Å². The van der Waals surface area contributed by atoms with Gasteiger partial charge in [0.1, 0.15) is 18.5 Å². The Kier molecular flexibility index (Phi) is 8.00. The maximum Gasteiger partial charge on any atom is 0.302 e. The average Bonchev–Trinajstić information content (AvgIpc) is 2.67. The summed E-state index contributed by atoms with van der Waals surface area (Å²) in [4.78, 5) is 35.7. The van der Waals surface area contributed by atoms with Gasteiger partial charge in [0.25, 0.3) is 0 Å². The fourth-order valence-electron chi connectivity index (χ4n) is 4.95. The summed E-state index contributed by atoms with van der Waals surface area (Å²) in [5.74, 6) is -1.06. The molecule has 0 aromatic carbocycles. The first-order chi connectivity index (χ1) is 13.6. The standard InChI is InChI=1S/C24H34O5/c1-14(2)8-7-9-15(3)22-21(28-17(5)26)12-16(4)20-11-10-19(13-25)23(22)24(20)29-18(6)27/h8,10,13,15,20-24H,4,7,9,11-12H2,1-3,5-6H3/t15-,20+,21-,22-,23-,24?/m0/s1. The smallest absolute Gasteiger partial charge is 0.302 e. The number of carbonyl (C=O) groups is 3. The fraction of sp³-hybridized carbons (Fsp3) is 0.625. The Morgan fingerprint density at radius 1 is 1.21 bits per heavy atom. The molecule has 5 heteroatoms. The van der Waals surface area contributed by atoms with Crippen LogP contribution in [0.4, 0.5) is 0 Å². The zero-order valence-electron chi connectivity index (χ0n) is 18.3. The topological polar surface area (TPSA) is 69.7 Å². The Labute approximate surface area is 174 Å². The first-order valence-corrected chi connectivity index (χ1v) is 10.5. The third kappa shape index (κ3) is 5.68. The second-order valence-corrected chi connectivity index (χ2v) is 8.69. The number of carbonyl (C=O) groups excluding carboxylic acids is 3. The molecule has 5 nitrogen and oxygen atoms in total. The fourth-order valence-corrected chi connectivity index (χ4v) is 4.95. The van der Waals surface area contributed by atoms with E-state index in [1.807, 2.05) is 6.08 Å². The molecule has 1 unspecified atom stereocenters. The minimum atomic E-state index is -0.457. The summed E-state index contributed by atoms with van der Waals surface area (Å²) >= 11 is 0. The van der Waals surface area contributed by atoms with Crippen LogP contribution < -0.4 is 0 Å². The van der Waals surface area contributed by atoms with Gasteiger partial charge in [-0.2, -0.15) is 0 Å². The lowest BCUT2D eigenvalue weighted by Gasteiger charge is -2.41. The Hall–Kier alpha value is -2.17. The van der Waals surface area contributed by atoms with Crippen molar-refractivity contribution < 1.29 is 23.9 Å². The molecule has 2 aliphatic carbocycles.